The summed E-state index contributed by atoms with van der Waals surface area (Å²) in [6.07, 6.45) is 3.74. The Morgan fingerprint density at radius 3 is 3.09 bits per heavy atom. The fraction of sp³-hybridized carbons (Fsp3) is 0.353. The van der Waals surface area contributed by atoms with E-state index in [0.717, 1.165) is 30.7 Å². The van der Waals surface area contributed by atoms with Crippen molar-refractivity contribution in [2.45, 2.75) is 25.9 Å². The Morgan fingerprint density at radius 1 is 1.39 bits per heavy atom. The summed E-state index contributed by atoms with van der Waals surface area (Å²) in [6.45, 7) is 3.31. The topological polar surface area (TPSA) is 76.1 Å². The van der Waals surface area contributed by atoms with Gasteiger partial charge in [-0.2, -0.15) is 0 Å². The summed E-state index contributed by atoms with van der Waals surface area (Å²) in [5.41, 5.74) is 2.37. The third-order valence-electron chi connectivity index (χ3n) is 3.68. The second kappa shape index (κ2) is 7.19. The molecule has 0 bridgehead atoms. The van der Waals surface area contributed by atoms with Gasteiger partial charge in [-0.3, -0.25) is 4.79 Å². The maximum absolute atomic E-state index is 12.2. The summed E-state index contributed by atoms with van der Waals surface area (Å²) in [5, 5.41) is 5.97. The first-order valence-electron chi connectivity index (χ1n) is 7.77. The first-order valence-corrected chi connectivity index (χ1v) is 7.77. The fourth-order valence-corrected chi connectivity index (χ4v) is 2.50. The van der Waals surface area contributed by atoms with Crippen molar-refractivity contribution in [3.8, 4) is 0 Å². The van der Waals surface area contributed by atoms with Gasteiger partial charge in [0.15, 0.2) is 0 Å². The maximum atomic E-state index is 12.2. The van der Waals surface area contributed by atoms with E-state index in [2.05, 4.69) is 20.6 Å². The van der Waals surface area contributed by atoms with Crippen molar-refractivity contribution >= 4 is 17.5 Å². The van der Waals surface area contributed by atoms with Crippen LogP contribution in [0.5, 0.6) is 0 Å². The van der Waals surface area contributed by atoms with Gasteiger partial charge in [0.25, 0.3) is 5.91 Å². The van der Waals surface area contributed by atoms with Gasteiger partial charge in [-0.1, -0.05) is 12.1 Å². The lowest BCUT2D eigenvalue weighted by atomic mass is 10.2. The number of anilines is 2. The van der Waals surface area contributed by atoms with Crippen LogP contribution in [0.1, 0.15) is 28.9 Å². The second-order valence-electron chi connectivity index (χ2n) is 5.61. The van der Waals surface area contributed by atoms with Crippen LogP contribution in [0.25, 0.3) is 0 Å². The number of benzene rings is 1. The number of nitrogens with zero attached hydrogens (tertiary/aromatic N) is 2. The van der Waals surface area contributed by atoms with E-state index >= 15 is 0 Å². The van der Waals surface area contributed by atoms with Crippen LogP contribution in [0, 0.1) is 6.92 Å². The molecule has 1 saturated heterocycles. The van der Waals surface area contributed by atoms with E-state index in [1.54, 1.807) is 12.3 Å². The molecule has 0 saturated carbocycles. The van der Waals surface area contributed by atoms with Gasteiger partial charge in [-0.05, 0) is 43.5 Å². The summed E-state index contributed by atoms with van der Waals surface area (Å²) < 4.78 is 5.49. The van der Waals surface area contributed by atoms with Gasteiger partial charge in [0.1, 0.15) is 5.69 Å². The summed E-state index contributed by atoms with van der Waals surface area (Å²) >= 11 is 0. The predicted octanol–water partition coefficient (Wildman–Crippen LogP) is 2.44. The molecule has 2 N–H and O–H groups in total. The largest absolute Gasteiger partial charge is 0.376 e. The molecule has 1 aromatic carbocycles. The minimum atomic E-state index is -0.213. The van der Waals surface area contributed by atoms with Crippen LogP contribution in [0.15, 0.2) is 36.5 Å². The Balaban J connectivity index is 1.63. The Labute approximate surface area is 135 Å². The van der Waals surface area contributed by atoms with Crippen molar-refractivity contribution < 1.29 is 9.53 Å². The van der Waals surface area contributed by atoms with Crippen LogP contribution in [-0.2, 0) is 4.74 Å². The molecular weight excluding hydrogens is 292 g/mol. The van der Waals surface area contributed by atoms with Crippen LogP contribution in [0.2, 0.25) is 0 Å². The summed E-state index contributed by atoms with van der Waals surface area (Å²) in [6, 6.07) is 9.50. The molecule has 1 amide bonds. The average molecular weight is 312 g/mol. The van der Waals surface area contributed by atoms with Gasteiger partial charge < -0.3 is 15.4 Å². The first kappa shape index (κ1) is 15.4. The minimum absolute atomic E-state index is 0.116. The molecular formula is C17H20N4O2. The summed E-state index contributed by atoms with van der Waals surface area (Å²) in [4.78, 5) is 20.6. The highest BCUT2D eigenvalue weighted by atomic mass is 16.5. The van der Waals surface area contributed by atoms with E-state index in [0.29, 0.717) is 18.2 Å². The Bertz CT molecular complexity index is 684. The lowest BCUT2D eigenvalue weighted by molar-refractivity contribution is 0.0853. The number of carbonyl (C=O) groups excluding carboxylic acids is 1. The number of hydrogen-bond donors (Lipinski definition) is 2. The Hall–Kier alpha value is -2.47. The van der Waals surface area contributed by atoms with Crippen molar-refractivity contribution in [3.63, 3.8) is 0 Å². The first-order chi connectivity index (χ1) is 11.2. The molecule has 23 heavy (non-hydrogen) atoms. The second-order valence-corrected chi connectivity index (χ2v) is 5.61. The Kier molecular flexibility index (Phi) is 4.83. The lowest BCUT2D eigenvalue weighted by Gasteiger charge is -2.11. The molecule has 3 rings (SSSR count). The van der Waals surface area contributed by atoms with Gasteiger partial charge in [0.05, 0.1) is 6.10 Å². The van der Waals surface area contributed by atoms with Crippen LogP contribution < -0.4 is 10.6 Å². The number of aromatic nitrogens is 2. The third-order valence-corrected chi connectivity index (χ3v) is 3.68. The molecule has 6 heteroatoms. The molecule has 1 fully saturated rings. The molecule has 0 radical (unpaired) electrons. The fourth-order valence-electron chi connectivity index (χ4n) is 2.50. The number of amides is 1. The van der Waals surface area contributed by atoms with Crippen molar-refractivity contribution in [2.24, 2.45) is 0 Å². The molecule has 1 aliphatic heterocycles. The SMILES string of the molecule is Cc1cccc(Nc2nccc(C(=O)NCC3CCCO3)n2)c1. The molecule has 1 unspecified atom stereocenters. The van der Waals surface area contributed by atoms with Crippen LogP contribution in [0.3, 0.4) is 0 Å². The summed E-state index contributed by atoms with van der Waals surface area (Å²) in [5.74, 6) is 0.190. The van der Waals surface area contributed by atoms with Gasteiger partial charge in [0, 0.05) is 25.0 Å². The molecule has 6 nitrogen and oxygen atoms in total. The maximum Gasteiger partial charge on any atom is 0.270 e. The van der Waals surface area contributed by atoms with Gasteiger partial charge in [-0.25, -0.2) is 9.97 Å². The molecule has 1 atom stereocenters. The van der Waals surface area contributed by atoms with Gasteiger partial charge in [0.2, 0.25) is 5.95 Å². The minimum Gasteiger partial charge on any atom is -0.376 e. The standard InChI is InChI=1S/C17H20N4O2/c1-12-4-2-5-13(10-12)20-17-18-8-7-15(21-17)16(22)19-11-14-6-3-9-23-14/h2,4-5,7-8,10,14H,3,6,9,11H2,1H3,(H,19,22)(H,18,20,21). The molecule has 0 spiro atoms. The van der Waals surface area contributed by atoms with Crippen molar-refractivity contribution in [2.75, 3.05) is 18.5 Å². The van der Waals surface area contributed by atoms with E-state index in [1.165, 1.54) is 0 Å². The molecule has 120 valence electrons. The smallest absolute Gasteiger partial charge is 0.270 e. The summed E-state index contributed by atoms with van der Waals surface area (Å²) in [7, 11) is 0. The highest BCUT2D eigenvalue weighted by molar-refractivity contribution is 5.92. The molecule has 1 aromatic heterocycles. The number of carbonyl (C=O) groups is 1. The van der Waals surface area contributed by atoms with E-state index in [1.807, 2.05) is 31.2 Å². The van der Waals surface area contributed by atoms with Crippen LogP contribution in [-0.4, -0.2) is 35.1 Å². The molecule has 2 aromatic rings. The predicted molar refractivity (Wildman–Crippen MR) is 87.8 cm³/mol. The average Bonchev–Trinajstić information content (AvgIpc) is 3.06. The third kappa shape index (κ3) is 4.26. The highest BCUT2D eigenvalue weighted by Crippen LogP contribution is 2.14. The lowest BCUT2D eigenvalue weighted by Crippen LogP contribution is -2.32. The molecule has 2 heterocycles. The number of aryl methyl sites for hydroxylation is 1. The van der Waals surface area contributed by atoms with Crippen molar-refractivity contribution in [1.29, 1.82) is 0 Å². The van der Waals surface area contributed by atoms with Gasteiger partial charge >= 0.3 is 0 Å². The zero-order valence-electron chi connectivity index (χ0n) is 13.1. The Morgan fingerprint density at radius 2 is 2.30 bits per heavy atom. The number of hydrogen-bond acceptors (Lipinski definition) is 5. The van der Waals surface area contributed by atoms with Crippen LogP contribution >= 0.6 is 0 Å². The van der Waals surface area contributed by atoms with E-state index in [9.17, 15) is 4.79 Å². The number of ether oxygens (including phenoxy) is 1. The quantitative estimate of drug-likeness (QED) is 0.887. The number of rotatable bonds is 5. The molecule has 1 aliphatic rings. The monoisotopic (exact) mass is 312 g/mol. The van der Waals surface area contributed by atoms with Gasteiger partial charge in [-0.15, -0.1) is 0 Å². The molecule has 0 aliphatic carbocycles. The van der Waals surface area contributed by atoms with Crippen LogP contribution in [0.4, 0.5) is 11.6 Å². The van der Waals surface area contributed by atoms with E-state index in [4.69, 9.17) is 4.74 Å². The zero-order valence-corrected chi connectivity index (χ0v) is 13.1. The zero-order chi connectivity index (χ0) is 16.1. The normalized spacial score (nSPS) is 17.0. The van der Waals surface area contributed by atoms with E-state index in [-0.39, 0.29) is 12.0 Å². The van der Waals surface area contributed by atoms with E-state index < -0.39 is 0 Å². The number of nitrogens with one attached hydrogen (secondary N) is 2. The highest BCUT2D eigenvalue weighted by Gasteiger charge is 2.17. The van der Waals surface area contributed by atoms with Crippen molar-refractivity contribution in [3.05, 3.63) is 47.8 Å². The van der Waals surface area contributed by atoms with Crippen molar-refractivity contribution in [1.82, 2.24) is 15.3 Å².